The Morgan fingerprint density at radius 2 is 2.00 bits per heavy atom. The van der Waals surface area contributed by atoms with Gasteiger partial charge in [0.1, 0.15) is 0 Å². The Balaban J connectivity index is 1.39. The first-order valence-electron chi connectivity index (χ1n) is 8.62. The monoisotopic (exact) mass is 340 g/mol. The lowest BCUT2D eigenvalue weighted by atomic mass is 10.1. The molecule has 8 heteroatoms. The Labute approximate surface area is 145 Å². The number of benzene rings is 1. The SMILES string of the molecule is O=C1C[C@@H]2CC[C@H](CN1)N2C(=O)CCn1nnc(-c2ccccc2)n1. The van der Waals surface area contributed by atoms with Gasteiger partial charge in [0.05, 0.1) is 6.54 Å². The van der Waals surface area contributed by atoms with Crippen LogP contribution in [-0.4, -0.2) is 55.5 Å². The first kappa shape index (κ1) is 15.7. The smallest absolute Gasteiger partial charge is 0.225 e. The number of amides is 2. The molecule has 0 spiro atoms. The highest BCUT2D eigenvalue weighted by Gasteiger charge is 2.39. The summed E-state index contributed by atoms with van der Waals surface area (Å²) in [6, 6.07) is 9.77. The normalized spacial score (nSPS) is 22.6. The van der Waals surface area contributed by atoms with Gasteiger partial charge >= 0.3 is 0 Å². The number of hydrogen-bond donors (Lipinski definition) is 1. The molecule has 25 heavy (non-hydrogen) atoms. The van der Waals surface area contributed by atoms with Crippen molar-refractivity contribution in [2.24, 2.45) is 0 Å². The lowest BCUT2D eigenvalue weighted by Gasteiger charge is -2.27. The molecule has 2 aliphatic heterocycles. The van der Waals surface area contributed by atoms with Gasteiger partial charge in [-0.1, -0.05) is 30.3 Å². The van der Waals surface area contributed by atoms with Crippen LogP contribution in [0.25, 0.3) is 11.4 Å². The molecule has 0 unspecified atom stereocenters. The molecule has 2 amide bonds. The van der Waals surface area contributed by atoms with Crippen molar-refractivity contribution in [3.8, 4) is 11.4 Å². The zero-order chi connectivity index (χ0) is 17.2. The van der Waals surface area contributed by atoms with Crippen LogP contribution in [0.15, 0.2) is 30.3 Å². The highest BCUT2D eigenvalue weighted by molar-refractivity contribution is 5.81. The second-order valence-corrected chi connectivity index (χ2v) is 6.52. The predicted octanol–water partition coefficient (Wildman–Crippen LogP) is 0.610. The Kier molecular flexibility index (Phi) is 4.17. The van der Waals surface area contributed by atoms with Gasteiger partial charge in [-0.3, -0.25) is 9.59 Å². The molecule has 8 nitrogen and oxygen atoms in total. The molecule has 2 aromatic rings. The number of nitrogens with zero attached hydrogens (tertiary/aromatic N) is 5. The quantitative estimate of drug-likeness (QED) is 0.880. The summed E-state index contributed by atoms with van der Waals surface area (Å²) in [6.07, 6.45) is 2.58. The van der Waals surface area contributed by atoms with Crippen molar-refractivity contribution in [1.29, 1.82) is 0 Å². The molecule has 0 aliphatic carbocycles. The van der Waals surface area contributed by atoms with E-state index in [-0.39, 0.29) is 23.9 Å². The van der Waals surface area contributed by atoms with Crippen LogP contribution < -0.4 is 5.32 Å². The number of tetrazole rings is 1. The van der Waals surface area contributed by atoms with E-state index >= 15 is 0 Å². The lowest BCUT2D eigenvalue weighted by Crippen LogP contribution is -2.42. The van der Waals surface area contributed by atoms with E-state index in [1.807, 2.05) is 35.2 Å². The molecule has 1 aromatic heterocycles. The van der Waals surface area contributed by atoms with E-state index in [2.05, 4.69) is 20.7 Å². The highest BCUT2D eigenvalue weighted by atomic mass is 16.2. The summed E-state index contributed by atoms with van der Waals surface area (Å²) in [5.74, 6) is 0.649. The van der Waals surface area contributed by atoms with Crippen molar-refractivity contribution < 1.29 is 9.59 Å². The number of hydrogen-bond acceptors (Lipinski definition) is 5. The number of aryl methyl sites for hydroxylation is 1. The molecule has 2 aliphatic rings. The number of carbonyl (C=O) groups excluding carboxylic acids is 2. The van der Waals surface area contributed by atoms with Gasteiger partial charge in [-0.05, 0) is 18.1 Å². The number of rotatable bonds is 4. The molecule has 2 bridgehead atoms. The number of carbonyl (C=O) groups is 2. The maximum atomic E-state index is 12.7. The number of fused-ring (bicyclic) bond motifs is 2. The van der Waals surface area contributed by atoms with Gasteiger partial charge in [0.25, 0.3) is 0 Å². The van der Waals surface area contributed by atoms with Crippen LogP contribution in [0, 0.1) is 0 Å². The van der Waals surface area contributed by atoms with E-state index in [0.29, 0.717) is 31.8 Å². The largest absolute Gasteiger partial charge is 0.354 e. The van der Waals surface area contributed by atoms with Gasteiger partial charge in [-0.2, -0.15) is 4.80 Å². The van der Waals surface area contributed by atoms with Crippen LogP contribution in [-0.2, 0) is 16.1 Å². The molecular formula is C17H20N6O2. The van der Waals surface area contributed by atoms with Gasteiger partial charge in [0.2, 0.25) is 17.6 Å². The Bertz CT molecular complexity index is 774. The van der Waals surface area contributed by atoms with E-state index in [1.165, 1.54) is 4.80 Å². The summed E-state index contributed by atoms with van der Waals surface area (Å²) in [5.41, 5.74) is 0.898. The maximum absolute atomic E-state index is 12.7. The fourth-order valence-corrected chi connectivity index (χ4v) is 3.65. The summed E-state index contributed by atoms with van der Waals surface area (Å²) in [4.78, 5) is 27.7. The topological polar surface area (TPSA) is 93.0 Å². The fraction of sp³-hybridized carbons (Fsp3) is 0.471. The van der Waals surface area contributed by atoms with E-state index in [4.69, 9.17) is 0 Å². The van der Waals surface area contributed by atoms with Crippen molar-refractivity contribution in [1.82, 2.24) is 30.4 Å². The van der Waals surface area contributed by atoms with Crippen LogP contribution in [0.1, 0.15) is 25.7 Å². The number of aromatic nitrogens is 4. The first-order valence-corrected chi connectivity index (χ1v) is 8.62. The van der Waals surface area contributed by atoms with E-state index < -0.39 is 0 Å². The van der Waals surface area contributed by atoms with Gasteiger partial charge in [-0.25, -0.2) is 0 Å². The minimum Gasteiger partial charge on any atom is -0.354 e. The summed E-state index contributed by atoms with van der Waals surface area (Å²) >= 11 is 0. The second kappa shape index (κ2) is 6.62. The Morgan fingerprint density at radius 1 is 1.20 bits per heavy atom. The van der Waals surface area contributed by atoms with Crippen LogP contribution in [0.2, 0.25) is 0 Å². The first-order chi connectivity index (χ1) is 12.2. The predicted molar refractivity (Wildman–Crippen MR) is 89.2 cm³/mol. The van der Waals surface area contributed by atoms with E-state index in [1.54, 1.807) is 0 Å². The van der Waals surface area contributed by atoms with Crippen molar-refractivity contribution in [2.75, 3.05) is 6.54 Å². The zero-order valence-electron chi connectivity index (χ0n) is 13.8. The van der Waals surface area contributed by atoms with Crippen LogP contribution >= 0.6 is 0 Å². The zero-order valence-corrected chi connectivity index (χ0v) is 13.8. The van der Waals surface area contributed by atoms with Gasteiger partial charge in [0.15, 0.2) is 0 Å². The van der Waals surface area contributed by atoms with E-state index in [9.17, 15) is 9.59 Å². The Hall–Kier alpha value is -2.77. The van der Waals surface area contributed by atoms with Crippen molar-refractivity contribution in [3.63, 3.8) is 0 Å². The second-order valence-electron chi connectivity index (χ2n) is 6.52. The summed E-state index contributed by atoms with van der Waals surface area (Å²) in [6.45, 7) is 0.941. The lowest BCUT2D eigenvalue weighted by molar-refractivity contribution is -0.134. The molecule has 0 saturated carbocycles. The molecule has 1 aromatic carbocycles. The van der Waals surface area contributed by atoms with Crippen LogP contribution in [0.3, 0.4) is 0 Å². The van der Waals surface area contributed by atoms with Crippen molar-refractivity contribution in [2.45, 2.75) is 44.3 Å². The van der Waals surface area contributed by atoms with Gasteiger partial charge in [0, 0.05) is 37.0 Å². The van der Waals surface area contributed by atoms with Gasteiger partial charge < -0.3 is 10.2 Å². The third-order valence-corrected chi connectivity index (χ3v) is 4.87. The minimum absolute atomic E-state index is 0.0311. The molecule has 130 valence electrons. The van der Waals surface area contributed by atoms with Gasteiger partial charge in [-0.15, -0.1) is 10.2 Å². The maximum Gasteiger partial charge on any atom is 0.225 e. The molecule has 2 fully saturated rings. The van der Waals surface area contributed by atoms with Crippen LogP contribution in [0.5, 0.6) is 0 Å². The van der Waals surface area contributed by atoms with E-state index in [0.717, 1.165) is 18.4 Å². The number of nitrogens with one attached hydrogen (secondary N) is 1. The molecule has 0 radical (unpaired) electrons. The molecule has 4 rings (SSSR count). The highest BCUT2D eigenvalue weighted by Crippen LogP contribution is 2.28. The summed E-state index contributed by atoms with van der Waals surface area (Å²) in [7, 11) is 0. The summed E-state index contributed by atoms with van der Waals surface area (Å²) in [5, 5.41) is 15.3. The van der Waals surface area contributed by atoms with Crippen molar-refractivity contribution >= 4 is 11.8 Å². The molecule has 2 atom stereocenters. The minimum atomic E-state index is 0.0311. The molecule has 2 saturated heterocycles. The average molecular weight is 340 g/mol. The van der Waals surface area contributed by atoms with Crippen LogP contribution in [0.4, 0.5) is 0 Å². The molecule has 3 heterocycles. The summed E-state index contributed by atoms with van der Waals surface area (Å²) < 4.78 is 0. The molecule has 1 N–H and O–H groups in total. The van der Waals surface area contributed by atoms with Crippen molar-refractivity contribution in [3.05, 3.63) is 30.3 Å². The molecular weight excluding hydrogens is 320 g/mol. The standard InChI is InChI=1S/C17H20N6O2/c24-15-10-13-6-7-14(11-18-15)23(13)16(25)8-9-22-20-17(19-21-22)12-4-2-1-3-5-12/h1-5,13-14H,6-11H2,(H,18,24)/t13-,14+/m0/s1. The fourth-order valence-electron chi connectivity index (χ4n) is 3.65. The average Bonchev–Trinajstić information content (AvgIpc) is 3.21. The third-order valence-electron chi connectivity index (χ3n) is 4.87. The Morgan fingerprint density at radius 3 is 2.84 bits per heavy atom. The third kappa shape index (κ3) is 3.24.